The van der Waals surface area contributed by atoms with Gasteiger partial charge in [-0.3, -0.25) is 4.90 Å². The summed E-state index contributed by atoms with van der Waals surface area (Å²) in [6.45, 7) is 13.7. The fourth-order valence-corrected chi connectivity index (χ4v) is 2.88. The molecule has 5 heteroatoms. The molecule has 0 spiro atoms. The van der Waals surface area contributed by atoms with Gasteiger partial charge in [-0.15, -0.1) is 0 Å². The van der Waals surface area contributed by atoms with Crippen molar-refractivity contribution in [2.45, 2.75) is 65.5 Å². The van der Waals surface area contributed by atoms with Crippen molar-refractivity contribution < 1.29 is 9.53 Å². The van der Waals surface area contributed by atoms with Crippen LogP contribution in [0.15, 0.2) is 0 Å². The van der Waals surface area contributed by atoms with Gasteiger partial charge < -0.3 is 15.8 Å². The molecule has 1 aliphatic heterocycles. The molecule has 3 N–H and O–H groups in total. The van der Waals surface area contributed by atoms with Crippen LogP contribution in [0.2, 0.25) is 0 Å². The van der Waals surface area contributed by atoms with Crippen molar-refractivity contribution in [3.8, 4) is 0 Å². The molecule has 1 unspecified atom stereocenters. The van der Waals surface area contributed by atoms with E-state index in [0.29, 0.717) is 24.5 Å². The monoisotopic (exact) mass is 299 g/mol. The number of piperidine rings is 1. The zero-order valence-electron chi connectivity index (χ0n) is 14.4. The summed E-state index contributed by atoms with van der Waals surface area (Å²) in [5.74, 6) is 0. The van der Waals surface area contributed by atoms with E-state index in [4.69, 9.17) is 10.5 Å². The number of rotatable bonds is 5. The Labute approximate surface area is 129 Å². The molecular weight excluding hydrogens is 266 g/mol. The van der Waals surface area contributed by atoms with Crippen LogP contribution in [-0.4, -0.2) is 48.8 Å². The lowest BCUT2D eigenvalue weighted by molar-refractivity contribution is 0.0506. The number of hydrogen-bond acceptors (Lipinski definition) is 4. The summed E-state index contributed by atoms with van der Waals surface area (Å²) in [6.07, 6.45) is 3.02. The average Bonchev–Trinajstić information content (AvgIpc) is 2.31. The number of nitrogens with one attached hydrogen (secondary N) is 1. The van der Waals surface area contributed by atoms with Crippen molar-refractivity contribution in [2.75, 3.05) is 26.2 Å². The van der Waals surface area contributed by atoms with E-state index >= 15 is 0 Å². The van der Waals surface area contributed by atoms with Crippen LogP contribution in [0.3, 0.4) is 0 Å². The molecule has 1 fully saturated rings. The molecule has 21 heavy (non-hydrogen) atoms. The van der Waals surface area contributed by atoms with E-state index in [2.05, 4.69) is 24.1 Å². The van der Waals surface area contributed by atoms with Gasteiger partial charge >= 0.3 is 6.09 Å². The number of nitrogens with two attached hydrogens (primary N) is 1. The molecule has 0 saturated carbocycles. The van der Waals surface area contributed by atoms with Crippen LogP contribution in [-0.2, 0) is 4.74 Å². The Morgan fingerprint density at radius 3 is 2.62 bits per heavy atom. The first-order chi connectivity index (χ1) is 9.63. The third kappa shape index (κ3) is 7.14. The highest BCUT2D eigenvalue weighted by molar-refractivity contribution is 5.67. The average molecular weight is 299 g/mol. The largest absolute Gasteiger partial charge is 0.444 e. The summed E-state index contributed by atoms with van der Waals surface area (Å²) in [5, 5.41) is 2.82. The summed E-state index contributed by atoms with van der Waals surface area (Å²) in [5.41, 5.74) is 5.84. The van der Waals surface area contributed by atoms with Crippen LogP contribution < -0.4 is 11.1 Å². The second-order valence-corrected chi connectivity index (χ2v) is 7.85. The Morgan fingerprint density at radius 2 is 2.10 bits per heavy atom. The number of nitrogens with zero attached hydrogens (tertiary/aromatic N) is 1. The van der Waals surface area contributed by atoms with E-state index in [0.717, 1.165) is 19.5 Å². The van der Waals surface area contributed by atoms with E-state index in [-0.39, 0.29) is 6.09 Å². The zero-order valence-corrected chi connectivity index (χ0v) is 14.4. The number of alkyl carbamates (subject to hydrolysis) is 1. The molecule has 0 radical (unpaired) electrons. The minimum absolute atomic E-state index is 0.333. The molecule has 1 atom stereocenters. The van der Waals surface area contributed by atoms with Gasteiger partial charge in [-0.2, -0.15) is 0 Å². The van der Waals surface area contributed by atoms with Crippen molar-refractivity contribution in [3.63, 3.8) is 0 Å². The summed E-state index contributed by atoms with van der Waals surface area (Å²) < 4.78 is 5.24. The number of likely N-dealkylation sites (tertiary alicyclic amines) is 1. The molecule has 124 valence electrons. The Kier molecular flexibility index (Phi) is 6.47. The van der Waals surface area contributed by atoms with Crippen molar-refractivity contribution in [3.05, 3.63) is 0 Å². The maximum atomic E-state index is 11.6. The topological polar surface area (TPSA) is 67.6 Å². The fourth-order valence-electron chi connectivity index (χ4n) is 2.88. The maximum absolute atomic E-state index is 11.6. The van der Waals surface area contributed by atoms with Gasteiger partial charge in [-0.1, -0.05) is 13.8 Å². The van der Waals surface area contributed by atoms with Gasteiger partial charge in [0.2, 0.25) is 0 Å². The SMILES string of the molecule is CC1(C)CCCN(C(CN)CCNC(=O)OC(C)(C)C)C1. The summed E-state index contributed by atoms with van der Waals surface area (Å²) >= 11 is 0. The lowest BCUT2D eigenvalue weighted by Crippen LogP contribution is -2.49. The normalized spacial score (nSPS) is 20.9. The third-order valence-electron chi connectivity index (χ3n) is 3.86. The quantitative estimate of drug-likeness (QED) is 0.818. The smallest absolute Gasteiger partial charge is 0.407 e. The Balaban J connectivity index is 2.36. The highest BCUT2D eigenvalue weighted by atomic mass is 16.6. The van der Waals surface area contributed by atoms with Crippen molar-refractivity contribution in [1.82, 2.24) is 10.2 Å². The molecule has 0 aliphatic carbocycles. The van der Waals surface area contributed by atoms with Gasteiger partial charge in [0.05, 0.1) is 0 Å². The van der Waals surface area contributed by atoms with Gasteiger partial charge in [0.25, 0.3) is 0 Å². The van der Waals surface area contributed by atoms with Gasteiger partial charge in [0, 0.05) is 25.7 Å². The molecule has 0 aromatic rings. The predicted octanol–water partition coefficient (Wildman–Crippen LogP) is 2.35. The molecule has 1 saturated heterocycles. The van der Waals surface area contributed by atoms with Crippen molar-refractivity contribution in [1.29, 1.82) is 0 Å². The minimum Gasteiger partial charge on any atom is -0.444 e. The standard InChI is InChI=1S/C16H33N3O2/c1-15(2,3)21-14(20)18-9-7-13(11-17)19-10-6-8-16(4,5)12-19/h13H,6-12,17H2,1-5H3,(H,18,20). The van der Waals surface area contributed by atoms with Gasteiger partial charge in [0.1, 0.15) is 5.60 Å². The van der Waals surface area contributed by atoms with E-state index in [9.17, 15) is 4.79 Å². The number of ether oxygens (including phenoxy) is 1. The zero-order chi connectivity index (χ0) is 16.1. The number of amides is 1. The van der Waals surface area contributed by atoms with Gasteiger partial charge in [0.15, 0.2) is 0 Å². The highest BCUT2D eigenvalue weighted by Crippen LogP contribution is 2.29. The second-order valence-electron chi connectivity index (χ2n) is 7.85. The molecule has 1 aliphatic rings. The van der Waals surface area contributed by atoms with Crippen molar-refractivity contribution >= 4 is 6.09 Å². The van der Waals surface area contributed by atoms with E-state index in [1.165, 1.54) is 12.8 Å². The molecule has 0 bridgehead atoms. The van der Waals surface area contributed by atoms with Crippen LogP contribution in [0.25, 0.3) is 0 Å². The first kappa shape index (κ1) is 18.2. The van der Waals surface area contributed by atoms with E-state index in [1.54, 1.807) is 0 Å². The first-order valence-electron chi connectivity index (χ1n) is 8.04. The molecule has 1 rings (SSSR count). The third-order valence-corrected chi connectivity index (χ3v) is 3.86. The van der Waals surface area contributed by atoms with E-state index < -0.39 is 5.60 Å². The Hall–Kier alpha value is -0.810. The molecule has 5 nitrogen and oxygen atoms in total. The summed E-state index contributed by atoms with van der Waals surface area (Å²) in [6, 6.07) is 0.333. The van der Waals surface area contributed by atoms with Crippen molar-refractivity contribution in [2.24, 2.45) is 11.1 Å². The fraction of sp³-hybridized carbons (Fsp3) is 0.938. The number of carbonyl (C=O) groups excluding carboxylic acids is 1. The van der Waals surface area contributed by atoms with Crippen LogP contribution >= 0.6 is 0 Å². The maximum Gasteiger partial charge on any atom is 0.407 e. The summed E-state index contributed by atoms with van der Waals surface area (Å²) in [4.78, 5) is 14.1. The van der Waals surface area contributed by atoms with Gasteiger partial charge in [-0.25, -0.2) is 4.79 Å². The van der Waals surface area contributed by atoms with Crippen LogP contribution in [0.4, 0.5) is 4.79 Å². The first-order valence-corrected chi connectivity index (χ1v) is 8.04. The summed E-state index contributed by atoms with van der Waals surface area (Å²) in [7, 11) is 0. The molecule has 0 aromatic heterocycles. The van der Waals surface area contributed by atoms with Crippen LogP contribution in [0, 0.1) is 5.41 Å². The van der Waals surface area contributed by atoms with Crippen LogP contribution in [0.1, 0.15) is 53.9 Å². The predicted molar refractivity (Wildman–Crippen MR) is 86.3 cm³/mol. The molecule has 1 amide bonds. The highest BCUT2D eigenvalue weighted by Gasteiger charge is 2.29. The lowest BCUT2D eigenvalue weighted by Gasteiger charge is -2.42. The minimum atomic E-state index is -0.450. The molecule has 0 aromatic carbocycles. The van der Waals surface area contributed by atoms with Crippen LogP contribution in [0.5, 0.6) is 0 Å². The van der Waals surface area contributed by atoms with Gasteiger partial charge in [-0.05, 0) is 52.0 Å². The number of hydrogen-bond donors (Lipinski definition) is 2. The molecule has 1 heterocycles. The number of carbonyl (C=O) groups is 1. The Bertz CT molecular complexity index is 337. The lowest BCUT2D eigenvalue weighted by atomic mass is 9.83. The Morgan fingerprint density at radius 1 is 1.43 bits per heavy atom. The second kappa shape index (κ2) is 7.45. The molecular formula is C16H33N3O2. The van der Waals surface area contributed by atoms with E-state index in [1.807, 2.05) is 20.8 Å².